The van der Waals surface area contributed by atoms with Crippen LogP contribution in [-0.2, 0) is 11.2 Å². The summed E-state index contributed by atoms with van der Waals surface area (Å²) in [7, 11) is 0. The Morgan fingerprint density at radius 3 is 2.48 bits per heavy atom. The van der Waals surface area contributed by atoms with Gasteiger partial charge in [-0.3, -0.25) is 4.79 Å². The van der Waals surface area contributed by atoms with Crippen molar-refractivity contribution >= 4 is 44.9 Å². The molecule has 1 saturated heterocycles. The molecular formula is C20H21ClN4OS. The summed E-state index contributed by atoms with van der Waals surface area (Å²) >= 11 is 7.80. The number of anilines is 1. The van der Waals surface area contributed by atoms with Gasteiger partial charge in [-0.2, -0.15) is 4.98 Å². The standard InChI is InChI=1S/C20H21ClN4OS/c1-3-14-4-6-15(7-5-14)16-12-27-19-17(16)18(22-20(21)23-19)25-10-8-24(9-11-25)13(2)26/h4-7,12H,3,8-11H2,1-2H3. The molecule has 7 heteroatoms. The first kappa shape index (κ1) is 18.2. The van der Waals surface area contributed by atoms with Crippen molar-refractivity contribution in [1.82, 2.24) is 14.9 Å². The van der Waals surface area contributed by atoms with Gasteiger partial charge in [-0.25, -0.2) is 4.98 Å². The Labute approximate surface area is 167 Å². The summed E-state index contributed by atoms with van der Waals surface area (Å²) in [5, 5.41) is 3.44. The maximum absolute atomic E-state index is 11.6. The van der Waals surface area contributed by atoms with Crippen molar-refractivity contribution in [3.8, 4) is 11.1 Å². The predicted molar refractivity (Wildman–Crippen MR) is 112 cm³/mol. The normalized spacial score (nSPS) is 14.8. The van der Waals surface area contributed by atoms with Crippen LogP contribution in [0.4, 0.5) is 5.82 Å². The number of carbonyl (C=O) groups is 1. The lowest BCUT2D eigenvalue weighted by molar-refractivity contribution is -0.129. The number of piperazine rings is 1. The van der Waals surface area contributed by atoms with E-state index in [1.807, 2.05) is 4.90 Å². The van der Waals surface area contributed by atoms with E-state index in [2.05, 4.69) is 51.4 Å². The molecule has 0 atom stereocenters. The Balaban J connectivity index is 1.76. The highest BCUT2D eigenvalue weighted by Crippen LogP contribution is 2.39. The lowest BCUT2D eigenvalue weighted by Crippen LogP contribution is -2.48. The van der Waals surface area contributed by atoms with Crippen LogP contribution in [0.2, 0.25) is 5.28 Å². The molecule has 3 aromatic rings. The maximum atomic E-state index is 11.6. The molecule has 27 heavy (non-hydrogen) atoms. The van der Waals surface area contributed by atoms with Crippen LogP contribution in [0, 0.1) is 0 Å². The minimum Gasteiger partial charge on any atom is -0.352 e. The zero-order valence-electron chi connectivity index (χ0n) is 15.4. The maximum Gasteiger partial charge on any atom is 0.225 e. The van der Waals surface area contributed by atoms with Gasteiger partial charge in [0, 0.05) is 44.0 Å². The largest absolute Gasteiger partial charge is 0.352 e. The van der Waals surface area contributed by atoms with E-state index >= 15 is 0 Å². The van der Waals surface area contributed by atoms with Gasteiger partial charge in [0.1, 0.15) is 10.6 Å². The molecule has 0 bridgehead atoms. The average molecular weight is 401 g/mol. The highest BCUT2D eigenvalue weighted by molar-refractivity contribution is 7.17. The summed E-state index contributed by atoms with van der Waals surface area (Å²) in [6, 6.07) is 8.65. The first-order valence-corrected chi connectivity index (χ1v) is 10.4. The number of thiophene rings is 1. The molecule has 2 aromatic heterocycles. The third-order valence-corrected chi connectivity index (χ3v) is 6.13. The number of amides is 1. The van der Waals surface area contributed by atoms with Crippen molar-refractivity contribution < 1.29 is 4.79 Å². The van der Waals surface area contributed by atoms with Gasteiger partial charge in [-0.05, 0) is 29.1 Å². The fourth-order valence-corrected chi connectivity index (χ4v) is 4.65. The number of hydrogen-bond acceptors (Lipinski definition) is 5. The number of nitrogens with zero attached hydrogens (tertiary/aromatic N) is 4. The van der Waals surface area contributed by atoms with Gasteiger partial charge in [-0.1, -0.05) is 31.2 Å². The van der Waals surface area contributed by atoms with E-state index in [0.29, 0.717) is 13.1 Å². The molecule has 0 saturated carbocycles. The number of fused-ring (bicyclic) bond motifs is 1. The van der Waals surface area contributed by atoms with Crippen LogP contribution in [0.25, 0.3) is 21.3 Å². The second-order valence-corrected chi connectivity index (χ2v) is 7.89. The molecule has 4 rings (SSSR count). The summed E-state index contributed by atoms with van der Waals surface area (Å²) in [6.45, 7) is 6.65. The minimum atomic E-state index is 0.118. The van der Waals surface area contributed by atoms with Crippen molar-refractivity contribution in [2.75, 3.05) is 31.1 Å². The van der Waals surface area contributed by atoms with Gasteiger partial charge in [0.05, 0.1) is 5.39 Å². The van der Waals surface area contributed by atoms with Crippen molar-refractivity contribution in [3.05, 3.63) is 40.5 Å². The third kappa shape index (κ3) is 3.51. The van der Waals surface area contributed by atoms with E-state index in [4.69, 9.17) is 11.6 Å². The lowest BCUT2D eigenvalue weighted by Gasteiger charge is -2.35. The molecule has 5 nitrogen and oxygen atoms in total. The number of benzene rings is 1. The summed E-state index contributed by atoms with van der Waals surface area (Å²) in [5.41, 5.74) is 3.62. The predicted octanol–water partition coefficient (Wildman–Crippen LogP) is 4.24. The number of carbonyl (C=O) groups excluding carboxylic acids is 1. The summed E-state index contributed by atoms with van der Waals surface area (Å²) in [5.74, 6) is 0.983. The zero-order chi connectivity index (χ0) is 19.0. The molecule has 140 valence electrons. The van der Waals surface area contributed by atoms with E-state index in [0.717, 1.165) is 46.7 Å². The molecule has 0 N–H and O–H groups in total. The second kappa shape index (κ2) is 7.44. The fraction of sp³-hybridized carbons (Fsp3) is 0.350. The van der Waals surface area contributed by atoms with Gasteiger partial charge in [0.25, 0.3) is 0 Å². The number of aryl methyl sites for hydroxylation is 1. The first-order chi connectivity index (χ1) is 13.1. The monoisotopic (exact) mass is 400 g/mol. The van der Waals surface area contributed by atoms with Crippen LogP contribution < -0.4 is 4.90 Å². The van der Waals surface area contributed by atoms with Gasteiger partial charge in [0.15, 0.2) is 0 Å². The second-order valence-electron chi connectivity index (χ2n) is 6.69. The number of aromatic nitrogens is 2. The highest BCUT2D eigenvalue weighted by atomic mass is 35.5. The van der Waals surface area contributed by atoms with Crippen molar-refractivity contribution in [2.45, 2.75) is 20.3 Å². The molecule has 1 aromatic carbocycles. The Kier molecular flexibility index (Phi) is 5.02. The lowest BCUT2D eigenvalue weighted by atomic mass is 10.0. The number of rotatable bonds is 3. The van der Waals surface area contributed by atoms with Crippen molar-refractivity contribution in [1.29, 1.82) is 0 Å². The molecule has 1 aliphatic rings. The molecule has 1 amide bonds. The van der Waals surface area contributed by atoms with Crippen molar-refractivity contribution in [2.24, 2.45) is 0 Å². The summed E-state index contributed by atoms with van der Waals surface area (Å²) in [6.07, 6.45) is 1.02. The topological polar surface area (TPSA) is 49.3 Å². The Morgan fingerprint density at radius 1 is 1.15 bits per heavy atom. The van der Waals surface area contributed by atoms with E-state index < -0.39 is 0 Å². The summed E-state index contributed by atoms with van der Waals surface area (Å²) in [4.78, 5) is 25.6. The highest BCUT2D eigenvalue weighted by Gasteiger charge is 2.24. The van der Waals surface area contributed by atoms with Gasteiger partial charge >= 0.3 is 0 Å². The fourth-order valence-electron chi connectivity index (χ4n) is 3.49. The minimum absolute atomic E-state index is 0.118. The Hall–Kier alpha value is -2.18. The van der Waals surface area contributed by atoms with Crippen molar-refractivity contribution in [3.63, 3.8) is 0 Å². The van der Waals surface area contributed by atoms with Crippen LogP contribution in [0.1, 0.15) is 19.4 Å². The van der Waals surface area contributed by atoms with Crippen LogP contribution >= 0.6 is 22.9 Å². The van der Waals surface area contributed by atoms with Gasteiger partial charge in [-0.15, -0.1) is 11.3 Å². The summed E-state index contributed by atoms with van der Waals surface area (Å²) < 4.78 is 0. The van der Waals surface area contributed by atoms with Gasteiger partial charge < -0.3 is 9.80 Å². The smallest absolute Gasteiger partial charge is 0.225 e. The molecule has 1 fully saturated rings. The van der Waals surface area contributed by atoms with E-state index in [1.54, 1.807) is 18.3 Å². The van der Waals surface area contributed by atoms with E-state index in [-0.39, 0.29) is 11.2 Å². The van der Waals surface area contributed by atoms with Crippen LogP contribution in [0.5, 0.6) is 0 Å². The third-order valence-electron chi connectivity index (χ3n) is 5.08. The Morgan fingerprint density at radius 2 is 1.85 bits per heavy atom. The SMILES string of the molecule is CCc1ccc(-c2csc3nc(Cl)nc(N4CCN(C(C)=O)CC4)c23)cc1. The molecule has 0 radical (unpaired) electrons. The van der Waals surface area contributed by atoms with Gasteiger partial charge in [0.2, 0.25) is 11.2 Å². The molecule has 0 unspecified atom stereocenters. The molecular weight excluding hydrogens is 380 g/mol. The Bertz CT molecular complexity index is 978. The number of hydrogen-bond donors (Lipinski definition) is 0. The van der Waals surface area contributed by atoms with E-state index in [1.165, 1.54) is 5.56 Å². The molecule has 0 aliphatic carbocycles. The first-order valence-electron chi connectivity index (χ1n) is 9.11. The van der Waals surface area contributed by atoms with Crippen LogP contribution in [0.15, 0.2) is 29.6 Å². The van der Waals surface area contributed by atoms with Crippen LogP contribution in [-0.4, -0.2) is 47.0 Å². The molecule has 0 spiro atoms. The average Bonchev–Trinajstić information content (AvgIpc) is 3.11. The van der Waals surface area contributed by atoms with Crippen LogP contribution in [0.3, 0.4) is 0 Å². The van der Waals surface area contributed by atoms with E-state index in [9.17, 15) is 4.79 Å². The number of halogens is 1. The molecule has 1 aliphatic heterocycles. The zero-order valence-corrected chi connectivity index (χ0v) is 17.0. The quantitative estimate of drug-likeness (QED) is 0.617. The molecule has 3 heterocycles.